The Balaban J connectivity index is 1.52. The summed E-state index contributed by atoms with van der Waals surface area (Å²) in [6, 6.07) is 16.4. The van der Waals surface area contributed by atoms with Gasteiger partial charge in [-0.05, 0) is 71.8 Å². The lowest BCUT2D eigenvalue weighted by Crippen LogP contribution is -2.22. The van der Waals surface area contributed by atoms with E-state index in [-0.39, 0.29) is 29.8 Å². The molecule has 0 unspecified atom stereocenters. The molecule has 3 aromatic carbocycles. The molecule has 0 spiro atoms. The number of ether oxygens (including phenoxy) is 6. The minimum absolute atomic E-state index is 0.0994. The first-order valence-electron chi connectivity index (χ1n) is 13.0. The Bertz CT molecular complexity index is 1280. The molecule has 1 fully saturated rings. The molecular weight excluding hydrogens is 500 g/mol. The number of methoxy groups -OCH3 is 4. The van der Waals surface area contributed by atoms with E-state index < -0.39 is 12.2 Å². The highest BCUT2D eigenvalue weighted by atomic mass is 16.5. The van der Waals surface area contributed by atoms with Crippen LogP contribution in [0.1, 0.15) is 55.8 Å². The van der Waals surface area contributed by atoms with Crippen LogP contribution in [0.3, 0.4) is 0 Å². The Hall–Kier alpha value is -3.62. The lowest BCUT2D eigenvalue weighted by atomic mass is 9.85. The predicted octanol–water partition coefficient (Wildman–Crippen LogP) is 6.01. The molecule has 0 bridgehead atoms. The van der Waals surface area contributed by atoms with Crippen LogP contribution in [0, 0.1) is 11.8 Å². The van der Waals surface area contributed by atoms with E-state index in [1.165, 1.54) is 7.11 Å². The van der Waals surface area contributed by atoms with Crippen LogP contribution in [-0.4, -0.2) is 44.8 Å². The van der Waals surface area contributed by atoms with Crippen LogP contribution < -0.4 is 23.7 Å². The maximum atomic E-state index is 11.0. The number of phenolic OH excluding ortho intramolecular Hbond substituents is 1. The second-order valence-electron chi connectivity index (χ2n) is 9.92. The van der Waals surface area contributed by atoms with E-state index in [1.807, 2.05) is 30.3 Å². The van der Waals surface area contributed by atoms with Gasteiger partial charge >= 0.3 is 0 Å². The zero-order valence-electron chi connectivity index (χ0n) is 23.5. The minimum Gasteiger partial charge on any atom is -0.504 e. The van der Waals surface area contributed by atoms with Crippen LogP contribution in [0.5, 0.6) is 34.5 Å². The third kappa shape index (κ3) is 5.72. The summed E-state index contributed by atoms with van der Waals surface area (Å²) in [7, 11) is 6.25. The van der Waals surface area contributed by atoms with Crippen molar-refractivity contribution in [2.24, 2.45) is 11.8 Å². The lowest BCUT2D eigenvalue weighted by Gasteiger charge is -2.24. The second-order valence-corrected chi connectivity index (χ2v) is 9.92. The monoisotopic (exact) mass is 538 g/mol. The molecule has 3 aromatic rings. The van der Waals surface area contributed by atoms with Gasteiger partial charge in [-0.15, -0.1) is 0 Å². The van der Waals surface area contributed by atoms with Gasteiger partial charge in [0.2, 0.25) is 0 Å². The number of benzene rings is 3. The van der Waals surface area contributed by atoms with Crippen LogP contribution >= 0.6 is 0 Å². The van der Waals surface area contributed by atoms with Crippen molar-refractivity contribution in [3.8, 4) is 34.5 Å². The van der Waals surface area contributed by atoms with Crippen LogP contribution in [0.2, 0.25) is 0 Å². The highest BCUT2D eigenvalue weighted by Crippen LogP contribution is 2.50. The number of aliphatic hydroxyl groups is 1. The lowest BCUT2D eigenvalue weighted by molar-refractivity contribution is 0.0284. The first-order valence-corrected chi connectivity index (χ1v) is 13.0. The summed E-state index contributed by atoms with van der Waals surface area (Å²) in [4.78, 5) is 0. The van der Waals surface area contributed by atoms with Gasteiger partial charge in [0.1, 0.15) is 12.2 Å². The molecule has 0 saturated carbocycles. The van der Waals surface area contributed by atoms with Crippen molar-refractivity contribution in [1.29, 1.82) is 0 Å². The van der Waals surface area contributed by atoms with Crippen LogP contribution in [0.4, 0.5) is 0 Å². The fourth-order valence-electron chi connectivity index (χ4n) is 5.12. The zero-order valence-corrected chi connectivity index (χ0v) is 23.5. The Labute approximate surface area is 230 Å². The van der Waals surface area contributed by atoms with Crippen molar-refractivity contribution in [2.75, 3.05) is 28.4 Å². The van der Waals surface area contributed by atoms with Crippen LogP contribution in [-0.2, 0) is 4.74 Å². The molecule has 8 nitrogen and oxygen atoms in total. The molecule has 2 N–H and O–H groups in total. The molecule has 0 aliphatic carbocycles. The first-order chi connectivity index (χ1) is 18.7. The van der Waals surface area contributed by atoms with Gasteiger partial charge in [0, 0.05) is 0 Å². The van der Waals surface area contributed by atoms with Crippen molar-refractivity contribution in [1.82, 2.24) is 0 Å². The molecule has 1 heterocycles. The topological polar surface area (TPSA) is 95.8 Å². The highest BCUT2D eigenvalue weighted by molar-refractivity contribution is 5.46. The average Bonchev–Trinajstić information content (AvgIpc) is 3.26. The van der Waals surface area contributed by atoms with Gasteiger partial charge in [0.25, 0.3) is 0 Å². The summed E-state index contributed by atoms with van der Waals surface area (Å²) in [6.07, 6.45) is -1.80. The number of aromatic hydroxyl groups is 1. The SMILES string of the molecule is COc1cc([C@H]2O[C@H](c3ccc(O[C@@H](C)[C@H](O)c4ccc(OC)c(OC)c4)c(OC)c3)[C@@H](C)[C@H]2C)ccc1O. The molecule has 0 amide bonds. The molecule has 1 aliphatic heterocycles. The van der Waals surface area contributed by atoms with Crippen molar-refractivity contribution >= 4 is 0 Å². The van der Waals surface area contributed by atoms with Crippen LogP contribution in [0.15, 0.2) is 54.6 Å². The fourth-order valence-corrected chi connectivity index (χ4v) is 5.12. The van der Waals surface area contributed by atoms with E-state index in [1.54, 1.807) is 52.5 Å². The van der Waals surface area contributed by atoms with Gasteiger partial charge in [-0.1, -0.05) is 32.0 Å². The van der Waals surface area contributed by atoms with E-state index in [0.29, 0.717) is 34.3 Å². The second kappa shape index (κ2) is 12.1. The molecular formula is C31H38O8. The molecule has 6 atom stereocenters. The van der Waals surface area contributed by atoms with Gasteiger partial charge in [0.05, 0.1) is 40.6 Å². The van der Waals surface area contributed by atoms with Gasteiger partial charge in [-0.25, -0.2) is 0 Å². The minimum atomic E-state index is -0.906. The highest BCUT2D eigenvalue weighted by Gasteiger charge is 2.41. The molecule has 1 saturated heterocycles. The predicted molar refractivity (Wildman–Crippen MR) is 147 cm³/mol. The average molecular weight is 539 g/mol. The third-order valence-electron chi connectivity index (χ3n) is 7.63. The molecule has 0 radical (unpaired) electrons. The van der Waals surface area contributed by atoms with E-state index >= 15 is 0 Å². The normalized spacial score (nSPS) is 22.2. The largest absolute Gasteiger partial charge is 0.504 e. The molecule has 4 rings (SSSR count). The van der Waals surface area contributed by atoms with Crippen LogP contribution in [0.25, 0.3) is 0 Å². The number of hydrogen-bond acceptors (Lipinski definition) is 8. The quantitative estimate of drug-likeness (QED) is 0.324. The van der Waals surface area contributed by atoms with Crippen molar-refractivity contribution in [2.45, 2.75) is 45.2 Å². The maximum absolute atomic E-state index is 11.0. The Kier molecular flexibility index (Phi) is 8.77. The van der Waals surface area contributed by atoms with Crippen molar-refractivity contribution in [3.63, 3.8) is 0 Å². The number of aliphatic hydroxyl groups excluding tert-OH is 1. The molecule has 210 valence electrons. The third-order valence-corrected chi connectivity index (χ3v) is 7.63. The summed E-state index contributed by atoms with van der Waals surface area (Å²) in [5.41, 5.74) is 2.58. The summed E-state index contributed by atoms with van der Waals surface area (Å²) < 4.78 is 34.3. The summed E-state index contributed by atoms with van der Waals surface area (Å²) in [5, 5.41) is 21.0. The summed E-state index contributed by atoms with van der Waals surface area (Å²) in [6.45, 7) is 6.14. The first kappa shape index (κ1) is 28.4. The molecule has 1 aliphatic rings. The van der Waals surface area contributed by atoms with Crippen molar-refractivity contribution in [3.05, 3.63) is 71.3 Å². The van der Waals surface area contributed by atoms with Crippen molar-refractivity contribution < 1.29 is 38.6 Å². The maximum Gasteiger partial charge on any atom is 0.161 e. The number of hydrogen-bond donors (Lipinski definition) is 2. The number of phenols is 1. The molecule has 0 aromatic heterocycles. The standard InChI is InChI=1S/C31H38O8/c1-17-18(2)31(39-30(17)21-8-11-23(32)26(15-21)35-5)22-10-13-25(28(16-22)37-7)38-19(3)29(33)20-9-12-24(34-4)27(14-20)36-6/h8-19,29-33H,1-7H3/t17-,18+,19+,29+,30+,31+/m1/s1. The Morgan fingerprint density at radius 3 is 1.77 bits per heavy atom. The fraction of sp³-hybridized carbons (Fsp3) is 0.419. The van der Waals surface area contributed by atoms with E-state index in [9.17, 15) is 10.2 Å². The van der Waals surface area contributed by atoms with E-state index in [2.05, 4.69) is 13.8 Å². The molecule has 39 heavy (non-hydrogen) atoms. The van der Waals surface area contributed by atoms with Gasteiger partial charge in [0.15, 0.2) is 34.5 Å². The van der Waals surface area contributed by atoms with E-state index in [4.69, 9.17) is 28.4 Å². The smallest absolute Gasteiger partial charge is 0.161 e. The zero-order chi connectivity index (χ0) is 28.3. The van der Waals surface area contributed by atoms with Gasteiger partial charge in [-0.2, -0.15) is 0 Å². The summed E-state index contributed by atoms with van der Waals surface area (Å²) >= 11 is 0. The van der Waals surface area contributed by atoms with E-state index in [0.717, 1.165) is 11.1 Å². The molecule has 8 heteroatoms. The Morgan fingerprint density at radius 1 is 0.667 bits per heavy atom. The number of rotatable bonds is 10. The summed E-state index contributed by atoms with van der Waals surface area (Å²) in [5.74, 6) is 3.16. The Morgan fingerprint density at radius 2 is 1.18 bits per heavy atom. The van der Waals surface area contributed by atoms with Gasteiger partial charge < -0.3 is 38.6 Å². The van der Waals surface area contributed by atoms with Gasteiger partial charge in [-0.3, -0.25) is 0 Å².